The fourth-order valence-corrected chi connectivity index (χ4v) is 3.73. The Labute approximate surface area is 158 Å². The third-order valence-electron chi connectivity index (χ3n) is 4.76. The van der Waals surface area contributed by atoms with Crippen LogP contribution in [0.2, 0.25) is 0 Å². The lowest BCUT2D eigenvalue weighted by Crippen LogP contribution is -2.31. The summed E-state index contributed by atoms with van der Waals surface area (Å²) in [6.07, 6.45) is 1.46. The smallest absolute Gasteiger partial charge is 0.307 e. The number of rotatable bonds is 6. The van der Waals surface area contributed by atoms with Crippen molar-refractivity contribution in [3.05, 3.63) is 65.2 Å². The molecule has 0 heterocycles. The molecule has 7 heteroatoms. The van der Waals surface area contributed by atoms with Gasteiger partial charge in [-0.1, -0.05) is 42.0 Å². The van der Waals surface area contributed by atoms with E-state index in [0.717, 1.165) is 17.4 Å². The van der Waals surface area contributed by atoms with E-state index in [-0.39, 0.29) is 10.8 Å². The van der Waals surface area contributed by atoms with Crippen molar-refractivity contribution in [2.75, 3.05) is 6.26 Å². The molecule has 0 aliphatic heterocycles. The fourth-order valence-electron chi connectivity index (χ4n) is 3.05. The summed E-state index contributed by atoms with van der Waals surface area (Å²) < 4.78 is 23.8. The molecule has 2 N–H and O–H groups in total. The van der Waals surface area contributed by atoms with Gasteiger partial charge in [0, 0.05) is 6.26 Å². The van der Waals surface area contributed by atoms with Gasteiger partial charge < -0.3 is 10.4 Å². The number of aliphatic carboxylic acids is 1. The SMILES string of the molecule is Cc1ccc(C(NC(=O)C2CC2C(=O)O)c2cccc(S(C)(=O)=O)c2)cc1. The van der Waals surface area contributed by atoms with Crippen LogP contribution < -0.4 is 5.32 Å². The maximum atomic E-state index is 12.5. The molecule has 3 rings (SSSR count). The summed E-state index contributed by atoms with van der Waals surface area (Å²) in [5.41, 5.74) is 2.48. The summed E-state index contributed by atoms with van der Waals surface area (Å²) in [5.74, 6) is -2.50. The summed E-state index contributed by atoms with van der Waals surface area (Å²) in [6, 6.07) is 13.4. The molecule has 3 atom stereocenters. The number of carbonyl (C=O) groups is 2. The second-order valence-electron chi connectivity index (χ2n) is 6.98. The molecule has 27 heavy (non-hydrogen) atoms. The number of carboxylic acid groups (broad SMARTS) is 1. The van der Waals surface area contributed by atoms with Crippen molar-refractivity contribution in [1.29, 1.82) is 0 Å². The van der Waals surface area contributed by atoms with E-state index in [2.05, 4.69) is 5.32 Å². The van der Waals surface area contributed by atoms with Crippen LogP contribution in [0.5, 0.6) is 0 Å². The lowest BCUT2D eigenvalue weighted by Gasteiger charge is -2.21. The van der Waals surface area contributed by atoms with Gasteiger partial charge in [-0.15, -0.1) is 0 Å². The normalized spacial score (nSPS) is 19.9. The summed E-state index contributed by atoms with van der Waals surface area (Å²) in [6.45, 7) is 1.95. The van der Waals surface area contributed by atoms with E-state index >= 15 is 0 Å². The second kappa shape index (κ2) is 7.15. The van der Waals surface area contributed by atoms with E-state index in [0.29, 0.717) is 12.0 Å². The molecular weight excluding hydrogens is 366 g/mol. The Kier molecular flexibility index (Phi) is 5.06. The van der Waals surface area contributed by atoms with Crippen LogP contribution in [0, 0.1) is 18.8 Å². The monoisotopic (exact) mass is 387 g/mol. The number of amides is 1. The number of hydrogen-bond acceptors (Lipinski definition) is 4. The Morgan fingerprint density at radius 3 is 2.30 bits per heavy atom. The molecule has 0 radical (unpaired) electrons. The molecule has 0 aromatic heterocycles. The zero-order chi connectivity index (χ0) is 19.8. The number of carboxylic acids is 1. The Hall–Kier alpha value is -2.67. The van der Waals surface area contributed by atoms with Gasteiger partial charge in [-0.2, -0.15) is 0 Å². The van der Waals surface area contributed by atoms with Gasteiger partial charge in [-0.3, -0.25) is 9.59 Å². The van der Waals surface area contributed by atoms with Gasteiger partial charge in [0.2, 0.25) is 5.91 Å². The summed E-state index contributed by atoms with van der Waals surface area (Å²) in [4.78, 5) is 23.7. The molecule has 1 saturated carbocycles. The van der Waals surface area contributed by atoms with Gasteiger partial charge in [0.25, 0.3) is 0 Å². The van der Waals surface area contributed by atoms with Crippen LogP contribution in [0.25, 0.3) is 0 Å². The molecule has 142 valence electrons. The molecule has 0 spiro atoms. The number of benzene rings is 2. The lowest BCUT2D eigenvalue weighted by molar-refractivity contribution is -0.140. The predicted molar refractivity (Wildman–Crippen MR) is 99.9 cm³/mol. The van der Waals surface area contributed by atoms with E-state index in [9.17, 15) is 18.0 Å². The Bertz CT molecular complexity index is 982. The maximum absolute atomic E-state index is 12.5. The van der Waals surface area contributed by atoms with E-state index in [4.69, 9.17) is 5.11 Å². The van der Waals surface area contributed by atoms with Crippen LogP contribution >= 0.6 is 0 Å². The quantitative estimate of drug-likeness (QED) is 0.792. The first-order chi connectivity index (χ1) is 12.7. The molecule has 1 fully saturated rings. The molecule has 3 unspecified atom stereocenters. The highest BCUT2D eigenvalue weighted by atomic mass is 32.2. The molecule has 0 bridgehead atoms. The van der Waals surface area contributed by atoms with Crippen molar-refractivity contribution in [1.82, 2.24) is 5.32 Å². The van der Waals surface area contributed by atoms with Crippen molar-refractivity contribution < 1.29 is 23.1 Å². The van der Waals surface area contributed by atoms with Gasteiger partial charge in [0.05, 0.1) is 22.8 Å². The summed E-state index contributed by atoms with van der Waals surface area (Å²) >= 11 is 0. The highest BCUT2D eigenvalue weighted by Crippen LogP contribution is 2.39. The molecule has 1 aliphatic rings. The van der Waals surface area contributed by atoms with Gasteiger partial charge in [-0.05, 0) is 36.6 Å². The summed E-state index contributed by atoms with van der Waals surface area (Å²) in [7, 11) is -3.39. The molecule has 1 aliphatic carbocycles. The highest BCUT2D eigenvalue weighted by Gasteiger charge is 2.48. The average Bonchev–Trinajstić information content (AvgIpc) is 3.41. The average molecular weight is 387 g/mol. The van der Waals surface area contributed by atoms with Gasteiger partial charge in [0.1, 0.15) is 0 Å². The standard InChI is InChI=1S/C20H21NO5S/c1-12-6-8-13(9-7-12)18(21-19(22)16-11-17(16)20(23)24)14-4-3-5-15(10-14)27(2,25)26/h3-10,16-18H,11H2,1-2H3,(H,21,22)(H,23,24). The second-order valence-corrected chi connectivity index (χ2v) is 9.00. The van der Waals surface area contributed by atoms with Crippen LogP contribution in [0.15, 0.2) is 53.4 Å². The first-order valence-corrected chi connectivity index (χ1v) is 10.5. The van der Waals surface area contributed by atoms with E-state index in [1.807, 2.05) is 31.2 Å². The predicted octanol–water partition coefficient (Wildman–Crippen LogP) is 2.32. The fraction of sp³-hybridized carbons (Fsp3) is 0.300. The minimum Gasteiger partial charge on any atom is -0.481 e. The van der Waals surface area contributed by atoms with Crippen molar-refractivity contribution in [2.45, 2.75) is 24.3 Å². The summed E-state index contributed by atoms with van der Waals surface area (Å²) in [5, 5.41) is 11.9. The van der Waals surface area contributed by atoms with Crippen LogP contribution in [0.1, 0.15) is 29.2 Å². The Morgan fingerprint density at radius 2 is 1.74 bits per heavy atom. The number of nitrogens with one attached hydrogen (secondary N) is 1. The molecule has 6 nitrogen and oxygen atoms in total. The van der Waals surface area contributed by atoms with E-state index in [1.165, 1.54) is 6.07 Å². The number of aryl methyl sites for hydroxylation is 1. The van der Waals surface area contributed by atoms with Crippen molar-refractivity contribution in [3.8, 4) is 0 Å². The third-order valence-corrected chi connectivity index (χ3v) is 5.87. The Balaban J connectivity index is 1.95. The van der Waals surface area contributed by atoms with Gasteiger partial charge in [-0.25, -0.2) is 8.42 Å². The highest BCUT2D eigenvalue weighted by molar-refractivity contribution is 7.90. The van der Waals surface area contributed by atoms with E-state index in [1.54, 1.807) is 18.2 Å². The van der Waals surface area contributed by atoms with Gasteiger partial charge in [0.15, 0.2) is 9.84 Å². The minimum atomic E-state index is -3.39. The molecular formula is C20H21NO5S. The number of carbonyl (C=O) groups excluding carboxylic acids is 1. The molecule has 2 aromatic rings. The van der Waals surface area contributed by atoms with Crippen LogP contribution in [0.3, 0.4) is 0 Å². The number of sulfone groups is 1. The number of hydrogen-bond donors (Lipinski definition) is 2. The van der Waals surface area contributed by atoms with Crippen molar-refractivity contribution in [2.24, 2.45) is 11.8 Å². The van der Waals surface area contributed by atoms with Gasteiger partial charge >= 0.3 is 5.97 Å². The zero-order valence-electron chi connectivity index (χ0n) is 15.0. The largest absolute Gasteiger partial charge is 0.481 e. The van der Waals surface area contributed by atoms with Crippen molar-refractivity contribution in [3.63, 3.8) is 0 Å². The van der Waals surface area contributed by atoms with Crippen LogP contribution in [-0.2, 0) is 19.4 Å². The maximum Gasteiger partial charge on any atom is 0.307 e. The van der Waals surface area contributed by atoms with Crippen LogP contribution in [-0.4, -0.2) is 31.7 Å². The lowest BCUT2D eigenvalue weighted by atomic mass is 9.97. The molecule has 2 aromatic carbocycles. The first kappa shape index (κ1) is 19.1. The third kappa shape index (κ3) is 4.36. The van der Waals surface area contributed by atoms with Crippen molar-refractivity contribution >= 4 is 21.7 Å². The zero-order valence-corrected chi connectivity index (χ0v) is 15.9. The van der Waals surface area contributed by atoms with E-state index < -0.39 is 33.7 Å². The van der Waals surface area contributed by atoms with Crippen LogP contribution in [0.4, 0.5) is 0 Å². The Morgan fingerprint density at radius 1 is 1.07 bits per heavy atom. The molecule has 0 saturated heterocycles. The first-order valence-electron chi connectivity index (χ1n) is 8.56. The minimum absolute atomic E-state index is 0.168. The topological polar surface area (TPSA) is 101 Å². The molecule has 1 amide bonds.